The monoisotopic (exact) mass is 381 g/mol. The minimum atomic E-state index is 0.0523. The van der Waals surface area contributed by atoms with E-state index in [9.17, 15) is 4.79 Å². The van der Waals surface area contributed by atoms with Gasteiger partial charge in [-0.05, 0) is 44.2 Å². The van der Waals surface area contributed by atoms with E-state index in [1.807, 2.05) is 37.9 Å². The fourth-order valence-corrected chi connectivity index (χ4v) is 4.36. The summed E-state index contributed by atoms with van der Waals surface area (Å²) in [6, 6.07) is 6.15. The molecule has 0 saturated carbocycles. The van der Waals surface area contributed by atoms with Gasteiger partial charge >= 0.3 is 0 Å². The second-order valence-electron chi connectivity index (χ2n) is 7.12. The molecule has 27 heavy (non-hydrogen) atoms. The number of carbonyl (C=O) groups is 1. The predicted molar refractivity (Wildman–Crippen MR) is 106 cm³/mol. The second kappa shape index (κ2) is 7.23. The lowest BCUT2D eigenvalue weighted by Gasteiger charge is -2.32. The van der Waals surface area contributed by atoms with Crippen LogP contribution in [0.3, 0.4) is 0 Å². The molecule has 1 saturated heterocycles. The van der Waals surface area contributed by atoms with E-state index in [1.165, 1.54) is 0 Å². The van der Waals surface area contributed by atoms with Gasteiger partial charge < -0.3 is 4.90 Å². The Labute approximate surface area is 162 Å². The first kappa shape index (κ1) is 17.9. The number of amides is 1. The average molecular weight is 382 g/mol. The van der Waals surface area contributed by atoms with Crippen LogP contribution in [0.5, 0.6) is 0 Å². The Morgan fingerprint density at radius 3 is 2.85 bits per heavy atom. The molecule has 0 N–H and O–H groups in total. The van der Waals surface area contributed by atoms with Gasteiger partial charge in [-0.15, -0.1) is 11.3 Å². The van der Waals surface area contributed by atoms with Gasteiger partial charge in [-0.3, -0.25) is 9.48 Å². The molecule has 1 aliphatic rings. The zero-order chi connectivity index (χ0) is 19.0. The Morgan fingerprint density at radius 2 is 2.15 bits per heavy atom. The van der Waals surface area contributed by atoms with E-state index in [0.717, 1.165) is 47.2 Å². The molecule has 0 bridgehead atoms. The van der Waals surface area contributed by atoms with Crippen LogP contribution >= 0.6 is 11.3 Å². The molecule has 6 nitrogen and oxygen atoms in total. The average Bonchev–Trinajstić information content (AvgIpc) is 3.30. The van der Waals surface area contributed by atoms with Crippen LogP contribution in [0.25, 0.3) is 10.6 Å². The highest BCUT2D eigenvalue weighted by molar-refractivity contribution is 7.13. The largest absolute Gasteiger partial charge is 0.338 e. The molecular formula is C20H23N5OS. The summed E-state index contributed by atoms with van der Waals surface area (Å²) in [6.45, 7) is 5.31. The van der Waals surface area contributed by atoms with Crippen molar-refractivity contribution in [2.75, 3.05) is 13.1 Å². The van der Waals surface area contributed by atoms with Gasteiger partial charge in [0.15, 0.2) is 0 Å². The van der Waals surface area contributed by atoms with Crippen molar-refractivity contribution in [3.63, 3.8) is 0 Å². The zero-order valence-corrected chi connectivity index (χ0v) is 16.7. The molecule has 4 heterocycles. The van der Waals surface area contributed by atoms with Crippen molar-refractivity contribution in [3.05, 3.63) is 52.6 Å². The SMILES string of the molecule is Cc1cc(-c2cccs2)nc([C@@H]2CCCN(C(=O)c3cn(C)nc3C)C2)n1. The van der Waals surface area contributed by atoms with Crippen LogP contribution in [0.1, 0.15) is 46.3 Å². The van der Waals surface area contributed by atoms with Gasteiger partial charge in [0.05, 0.1) is 21.8 Å². The molecule has 1 atom stereocenters. The Morgan fingerprint density at radius 1 is 1.30 bits per heavy atom. The van der Waals surface area contributed by atoms with Crippen molar-refractivity contribution >= 4 is 17.2 Å². The molecule has 140 valence electrons. The number of piperidine rings is 1. The molecule has 0 aromatic carbocycles. The van der Waals surface area contributed by atoms with E-state index in [2.05, 4.69) is 16.5 Å². The lowest BCUT2D eigenvalue weighted by atomic mass is 9.96. The number of rotatable bonds is 3. The number of aryl methyl sites for hydroxylation is 3. The van der Waals surface area contributed by atoms with E-state index in [0.29, 0.717) is 12.1 Å². The fourth-order valence-electron chi connectivity index (χ4n) is 3.68. The van der Waals surface area contributed by atoms with Crippen LogP contribution in [0.4, 0.5) is 0 Å². The highest BCUT2D eigenvalue weighted by Crippen LogP contribution is 2.29. The molecule has 1 amide bonds. The first-order valence-corrected chi connectivity index (χ1v) is 10.1. The topological polar surface area (TPSA) is 63.9 Å². The van der Waals surface area contributed by atoms with Crippen LogP contribution in [-0.4, -0.2) is 43.6 Å². The third-order valence-electron chi connectivity index (χ3n) is 4.96. The molecule has 3 aromatic heterocycles. The molecule has 3 aromatic rings. The van der Waals surface area contributed by atoms with E-state index in [4.69, 9.17) is 9.97 Å². The van der Waals surface area contributed by atoms with E-state index < -0.39 is 0 Å². The van der Waals surface area contributed by atoms with Gasteiger partial charge in [-0.25, -0.2) is 9.97 Å². The summed E-state index contributed by atoms with van der Waals surface area (Å²) in [5, 5.41) is 6.36. The lowest BCUT2D eigenvalue weighted by Crippen LogP contribution is -2.39. The normalized spacial score (nSPS) is 17.3. The van der Waals surface area contributed by atoms with Crippen LogP contribution in [0, 0.1) is 13.8 Å². The molecule has 1 aliphatic heterocycles. The Hall–Kier alpha value is -2.54. The highest BCUT2D eigenvalue weighted by atomic mass is 32.1. The summed E-state index contributed by atoms with van der Waals surface area (Å²) < 4.78 is 1.70. The van der Waals surface area contributed by atoms with Crippen molar-refractivity contribution in [2.24, 2.45) is 7.05 Å². The van der Waals surface area contributed by atoms with Crippen LogP contribution in [0.15, 0.2) is 29.8 Å². The van der Waals surface area contributed by atoms with Crippen molar-refractivity contribution in [2.45, 2.75) is 32.6 Å². The predicted octanol–water partition coefficient (Wildman–Crippen LogP) is 3.58. The van der Waals surface area contributed by atoms with Crippen molar-refractivity contribution < 1.29 is 4.79 Å². The summed E-state index contributed by atoms with van der Waals surface area (Å²) in [7, 11) is 1.84. The maximum absolute atomic E-state index is 13.0. The number of carbonyl (C=O) groups excluding carboxylic acids is 1. The van der Waals surface area contributed by atoms with Gasteiger partial charge in [0.1, 0.15) is 5.82 Å². The summed E-state index contributed by atoms with van der Waals surface area (Å²) in [4.78, 5) is 25.6. The van der Waals surface area contributed by atoms with Crippen molar-refractivity contribution in [3.8, 4) is 10.6 Å². The number of hydrogen-bond donors (Lipinski definition) is 0. The van der Waals surface area contributed by atoms with E-state index in [-0.39, 0.29) is 11.8 Å². The Kier molecular flexibility index (Phi) is 4.78. The first-order chi connectivity index (χ1) is 13.0. The minimum absolute atomic E-state index is 0.0523. The fraction of sp³-hybridized carbons (Fsp3) is 0.400. The summed E-state index contributed by atoms with van der Waals surface area (Å²) >= 11 is 1.68. The van der Waals surface area contributed by atoms with Crippen LogP contribution in [0.2, 0.25) is 0 Å². The molecule has 0 aliphatic carbocycles. The van der Waals surface area contributed by atoms with E-state index >= 15 is 0 Å². The Balaban J connectivity index is 1.58. The van der Waals surface area contributed by atoms with Gasteiger partial charge in [-0.2, -0.15) is 5.10 Å². The number of likely N-dealkylation sites (tertiary alicyclic amines) is 1. The molecule has 4 rings (SSSR count). The quantitative estimate of drug-likeness (QED) is 0.696. The second-order valence-corrected chi connectivity index (χ2v) is 8.07. The van der Waals surface area contributed by atoms with Crippen LogP contribution in [-0.2, 0) is 7.05 Å². The number of thiophene rings is 1. The number of nitrogens with zero attached hydrogens (tertiary/aromatic N) is 5. The lowest BCUT2D eigenvalue weighted by molar-refractivity contribution is 0.0703. The summed E-state index contributed by atoms with van der Waals surface area (Å²) in [5.41, 5.74) is 3.40. The van der Waals surface area contributed by atoms with Gasteiger partial charge in [0.25, 0.3) is 5.91 Å². The molecule has 0 radical (unpaired) electrons. The highest BCUT2D eigenvalue weighted by Gasteiger charge is 2.29. The smallest absolute Gasteiger partial charge is 0.257 e. The zero-order valence-electron chi connectivity index (χ0n) is 15.8. The van der Waals surface area contributed by atoms with Gasteiger partial charge in [0.2, 0.25) is 0 Å². The molecule has 0 unspecified atom stereocenters. The number of aromatic nitrogens is 4. The van der Waals surface area contributed by atoms with Crippen LogP contribution < -0.4 is 0 Å². The third-order valence-corrected chi connectivity index (χ3v) is 5.86. The standard InChI is InChI=1S/C20H23N5OS/c1-13-10-17(18-7-5-9-27-18)22-19(21-13)15-6-4-8-25(11-15)20(26)16-12-24(3)23-14(16)2/h5,7,9-10,12,15H,4,6,8,11H2,1-3H3/t15-/m1/s1. The number of hydrogen-bond acceptors (Lipinski definition) is 5. The molecule has 0 spiro atoms. The van der Waals surface area contributed by atoms with Gasteiger partial charge in [-0.1, -0.05) is 6.07 Å². The molecular weight excluding hydrogens is 358 g/mol. The minimum Gasteiger partial charge on any atom is -0.338 e. The molecule has 7 heteroatoms. The van der Waals surface area contributed by atoms with Crippen molar-refractivity contribution in [1.82, 2.24) is 24.6 Å². The van der Waals surface area contributed by atoms with Crippen molar-refractivity contribution in [1.29, 1.82) is 0 Å². The summed E-state index contributed by atoms with van der Waals surface area (Å²) in [6.07, 6.45) is 3.77. The molecule has 1 fully saturated rings. The third kappa shape index (κ3) is 3.64. The van der Waals surface area contributed by atoms with E-state index in [1.54, 1.807) is 22.2 Å². The summed E-state index contributed by atoms with van der Waals surface area (Å²) in [5.74, 6) is 1.06. The maximum Gasteiger partial charge on any atom is 0.257 e. The maximum atomic E-state index is 13.0. The van der Waals surface area contributed by atoms with Gasteiger partial charge in [0, 0.05) is 37.9 Å². The Bertz CT molecular complexity index is 963. The first-order valence-electron chi connectivity index (χ1n) is 9.20.